The fourth-order valence-electron chi connectivity index (χ4n) is 2.44. The molecular weight excluding hydrogens is 224 g/mol. The molecule has 1 unspecified atom stereocenters. The number of nitrogens with zero attached hydrogens (tertiary/aromatic N) is 1. The molecule has 0 saturated heterocycles. The van der Waals surface area contributed by atoms with Crippen LogP contribution in [0.5, 0.6) is 5.75 Å². The van der Waals surface area contributed by atoms with Crippen LogP contribution in [0.4, 0.5) is 0 Å². The van der Waals surface area contributed by atoms with Gasteiger partial charge >= 0.3 is 0 Å². The van der Waals surface area contributed by atoms with E-state index in [1.54, 1.807) is 6.20 Å². The van der Waals surface area contributed by atoms with Crippen LogP contribution in [0.25, 0.3) is 11.3 Å². The van der Waals surface area contributed by atoms with E-state index in [4.69, 9.17) is 10.5 Å². The number of hydrogen-bond acceptors (Lipinski definition) is 3. The maximum absolute atomic E-state index is 5.93. The lowest BCUT2D eigenvalue weighted by atomic mass is 10.0. The number of nitrogens with two attached hydrogens (primary N) is 1. The third-order valence-electron chi connectivity index (χ3n) is 3.25. The van der Waals surface area contributed by atoms with Crippen LogP contribution in [-0.4, -0.2) is 17.6 Å². The van der Waals surface area contributed by atoms with Crippen molar-refractivity contribution in [3.8, 4) is 17.0 Å². The van der Waals surface area contributed by atoms with Crippen LogP contribution >= 0.6 is 0 Å². The van der Waals surface area contributed by atoms with Gasteiger partial charge in [0.05, 0.1) is 5.69 Å². The van der Waals surface area contributed by atoms with Crippen LogP contribution in [0.2, 0.25) is 0 Å². The Morgan fingerprint density at radius 2 is 2.28 bits per heavy atom. The van der Waals surface area contributed by atoms with Gasteiger partial charge < -0.3 is 10.5 Å². The van der Waals surface area contributed by atoms with E-state index in [9.17, 15) is 0 Å². The Balaban J connectivity index is 2.12. The minimum atomic E-state index is 0.101. The summed E-state index contributed by atoms with van der Waals surface area (Å²) in [6.45, 7) is 2.65. The molecule has 2 heterocycles. The number of benzene rings is 1. The summed E-state index contributed by atoms with van der Waals surface area (Å²) in [5, 5.41) is 0. The van der Waals surface area contributed by atoms with Crippen LogP contribution in [0.3, 0.4) is 0 Å². The van der Waals surface area contributed by atoms with E-state index in [0.717, 1.165) is 23.4 Å². The van der Waals surface area contributed by atoms with Crippen LogP contribution in [0.15, 0.2) is 36.5 Å². The molecule has 0 radical (unpaired) electrons. The first-order chi connectivity index (χ1) is 8.78. The standard InChI is InChI=1S/C15H16N2O/c1-10-6-11-8-12(9-16)18-15(11)13(7-10)14-4-2-3-5-17-14/h2-7,12H,8-9,16H2,1H3. The highest BCUT2D eigenvalue weighted by atomic mass is 16.5. The molecule has 1 aromatic heterocycles. The van der Waals surface area contributed by atoms with Crippen LogP contribution in [0.1, 0.15) is 11.1 Å². The Morgan fingerprint density at radius 1 is 1.39 bits per heavy atom. The van der Waals surface area contributed by atoms with Crippen molar-refractivity contribution >= 4 is 0 Å². The average Bonchev–Trinajstić information content (AvgIpc) is 2.81. The molecule has 0 fully saturated rings. The van der Waals surface area contributed by atoms with Crippen molar-refractivity contribution in [1.82, 2.24) is 4.98 Å². The van der Waals surface area contributed by atoms with Gasteiger partial charge in [-0.1, -0.05) is 12.1 Å². The number of rotatable bonds is 2. The lowest BCUT2D eigenvalue weighted by Crippen LogP contribution is -2.24. The molecule has 1 atom stereocenters. The monoisotopic (exact) mass is 240 g/mol. The number of hydrogen-bond donors (Lipinski definition) is 1. The summed E-state index contributed by atoms with van der Waals surface area (Å²) in [5.74, 6) is 0.953. The smallest absolute Gasteiger partial charge is 0.132 e. The third-order valence-corrected chi connectivity index (χ3v) is 3.25. The van der Waals surface area contributed by atoms with Crippen molar-refractivity contribution in [1.29, 1.82) is 0 Å². The molecule has 2 aromatic rings. The first kappa shape index (κ1) is 11.2. The zero-order valence-corrected chi connectivity index (χ0v) is 10.4. The van der Waals surface area contributed by atoms with Crippen LogP contribution < -0.4 is 10.5 Å². The first-order valence-electron chi connectivity index (χ1n) is 6.19. The predicted molar refractivity (Wildman–Crippen MR) is 71.6 cm³/mol. The molecule has 92 valence electrons. The molecule has 2 N–H and O–H groups in total. The first-order valence-corrected chi connectivity index (χ1v) is 6.19. The van der Waals surface area contributed by atoms with Crippen molar-refractivity contribution in [3.63, 3.8) is 0 Å². The average molecular weight is 240 g/mol. The fraction of sp³-hybridized carbons (Fsp3) is 0.267. The van der Waals surface area contributed by atoms with Gasteiger partial charge in [-0.25, -0.2) is 0 Å². The van der Waals surface area contributed by atoms with Crippen LogP contribution in [0, 0.1) is 6.92 Å². The van der Waals surface area contributed by atoms with E-state index in [-0.39, 0.29) is 6.10 Å². The van der Waals surface area contributed by atoms with Crippen molar-refractivity contribution in [2.24, 2.45) is 5.73 Å². The van der Waals surface area contributed by atoms with E-state index < -0.39 is 0 Å². The highest BCUT2D eigenvalue weighted by molar-refractivity contribution is 5.71. The summed E-state index contributed by atoms with van der Waals surface area (Å²) in [6.07, 6.45) is 2.80. The second-order valence-electron chi connectivity index (χ2n) is 4.70. The third kappa shape index (κ3) is 1.87. The lowest BCUT2D eigenvalue weighted by molar-refractivity contribution is 0.242. The molecule has 18 heavy (non-hydrogen) atoms. The van der Waals surface area contributed by atoms with Crippen molar-refractivity contribution in [2.75, 3.05) is 6.54 Å². The minimum absolute atomic E-state index is 0.101. The molecule has 1 aliphatic rings. The molecule has 1 aromatic carbocycles. The second-order valence-corrected chi connectivity index (χ2v) is 4.70. The van der Waals surface area contributed by atoms with E-state index in [1.165, 1.54) is 11.1 Å². The number of aromatic nitrogens is 1. The van der Waals surface area contributed by atoms with Crippen molar-refractivity contribution in [2.45, 2.75) is 19.4 Å². The number of fused-ring (bicyclic) bond motifs is 1. The molecule has 0 aliphatic carbocycles. The molecule has 0 saturated carbocycles. The summed E-state index contributed by atoms with van der Waals surface area (Å²) < 4.78 is 5.93. The SMILES string of the molecule is Cc1cc2c(c(-c3ccccn3)c1)OC(CN)C2. The molecule has 1 aliphatic heterocycles. The minimum Gasteiger partial charge on any atom is -0.488 e. The van der Waals surface area contributed by atoms with Gasteiger partial charge in [-0.05, 0) is 36.2 Å². The summed E-state index contributed by atoms with van der Waals surface area (Å²) in [7, 11) is 0. The Morgan fingerprint density at radius 3 is 3.00 bits per heavy atom. The van der Waals surface area contributed by atoms with Gasteiger partial charge in [0, 0.05) is 24.7 Å². The second kappa shape index (κ2) is 4.42. The van der Waals surface area contributed by atoms with Gasteiger partial charge in [0.25, 0.3) is 0 Å². The Bertz CT molecular complexity index is 566. The van der Waals surface area contributed by atoms with Crippen LogP contribution in [-0.2, 0) is 6.42 Å². The zero-order valence-electron chi connectivity index (χ0n) is 10.4. The predicted octanol–water partition coefficient (Wildman–Crippen LogP) is 2.32. The highest BCUT2D eigenvalue weighted by Crippen LogP contribution is 2.38. The number of aryl methyl sites for hydroxylation is 1. The van der Waals surface area contributed by atoms with Crippen molar-refractivity contribution < 1.29 is 4.74 Å². The normalized spacial score (nSPS) is 17.3. The maximum Gasteiger partial charge on any atom is 0.132 e. The van der Waals surface area contributed by atoms with Crippen molar-refractivity contribution in [3.05, 3.63) is 47.7 Å². The molecular formula is C15H16N2O. The van der Waals surface area contributed by atoms with E-state index in [0.29, 0.717) is 6.54 Å². The molecule has 3 nitrogen and oxygen atoms in total. The van der Waals surface area contributed by atoms with E-state index >= 15 is 0 Å². The summed E-state index contributed by atoms with van der Waals surface area (Å²) in [5.41, 5.74) is 10.2. The molecule has 0 spiro atoms. The zero-order chi connectivity index (χ0) is 12.5. The molecule has 0 bridgehead atoms. The van der Waals surface area contributed by atoms with E-state index in [1.807, 2.05) is 18.2 Å². The molecule has 3 heteroatoms. The highest BCUT2D eigenvalue weighted by Gasteiger charge is 2.25. The summed E-state index contributed by atoms with van der Waals surface area (Å²) in [4.78, 5) is 4.41. The van der Waals surface area contributed by atoms with Gasteiger partial charge in [0.15, 0.2) is 0 Å². The lowest BCUT2D eigenvalue weighted by Gasteiger charge is -2.11. The largest absolute Gasteiger partial charge is 0.488 e. The Labute approximate surface area is 107 Å². The topological polar surface area (TPSA) is 48.1 Å². The molecule has 3 rings (SSSR count). The molecule has 0 amide bonds. The fourth-order valence-corrected chi connectivity index (χ4v) is 2.44. The van der Waals surface area contributed by atoms with Gasteiger partial charge in [0.2, 0.25) is 0 Å². The summed E-state index contributed by atoms with van der Waals surface area (Å²) >= 11 is 0. The Kier molecular flexibility index (Phi) is 2.76. The van der Waals surface area contributed by atoms with Gasteiger partial charge in [-0.3, -0.25) is 4.98 Å². The van der Waals surface area contributed by atoms with Gasteiger partial charge in [-0.15, -0.1) is 0 Å². The van der Waals surface area contributed by atoms with Gasteiger partial charge in [0.1, 0.15) is 11.9 Å². The van der Waals surface area contributed by atoms with Gasteiger partial charge in [-0.2, -0.15) is 0 Å². The quantitative estimate of drug-likeness (QED) is 0.876. The number of pyridine rings is 1. The summed E-state index contributed by atoms with van der Waals surface area (Å²) in [6, 6.07) is 10.2. The maximum atomic E-state index is 5.93. The Hall–Kier alpha value is -1.87. The van der Waals surface area contributed by atoms with E-state index in [2.05, 4.69) is 24.0 Å². The number of ether oxygens (including phenoxy) is 1.